The van der Waals surface area contributed by atoms with Crippen LogP contribution in [-0.4, -0.2) is 36.3 Å². The molecule has 3 heterocycles. The lowest BCUT2D eigenvalue weighted by Gasteiger charge is -2.31. The van der Waals surface area contributed by atoms with E-state index in [0.29, 0.717) is 16.8 Å². The van der Waals surface area contributed by atoms with Crippen LogP contribution >= 0.6 is 11.6 Å². The molecule has 6 bridgehead atoms. The van der Waals surface area contributed by atoms with Crippen molar-refractivity contribution in [2.75, 3.05) is 41.8 Å². The molecule has 3 aromatic rings. The maximum Gasteiger partial charge on any atom is 0.229 e. The first-order valence-electron chi connectivity index (χ1n) is 9.86. The Labute approximate surface area is 174 Å². The SMILES string of the molecule is Clc1cnc2nc1Nc1ccc(N3CCOCC3)c(c1)CCc1cccc(c1)N2. The van der Waals surface area contributed by atoms with E-state index in [0.717, 1.165) is 50.5 Å². The number of benzene rings is 2. The highest BCUT2D eigenvalue weighted by molar-refractivity contribution is 6.32. The van der Waals surface area contributed by atoms with Gasteiger partial charge in [0.15, 0.2) is 5.82 Å². The Hall–Kier alpha value is -2.83. The molecule has 0 spiro atoms. The molecule has 2 aliphatic rings. The van der Waals surface area contributed by atoms with Crippen LogP contribution < -0.4 is 15.5 Å². The lowest BCUT2D eigenvalue weighted by atomic mass is 10.0. The number of anilines is 5. The van der Waals surface area contributed by atoms with Gasteiger partial charge in [-0.15, -0.1) is 0 Å². The number of hydrogen-bond donors (Lipinski definition) is 2. The van der Waals surface area contributed by atoms with Crippen molar-refractivity contribution < 1.29 is 4.74 Å². The largest absolute Gasteiger partial charge is 0.378 e. The third-order valence-electron chi connectivity index (χ3n) is 5.30. The number of aromatic nitrogens is 2. The van der Waals surface area contributed by atoms with Crippen molar-refractivity contribution in [2.45, 2.75) is 12.8 Å². The van der Waals surface area contributed by atoms with Crippen LogP contribution in [0.4, 0.5) is 28.8 Å². The van der Waals surface area contributed by atoms with Gasteiger partial charge in [-0.1, -0.05) is 23.7 Å². The molecular weight excluding hydrogens is 386 g/mol. The molecule has 5 rings (SSSR count). The van der Waals surface area contributed by atoms with E-state index in [9.17, 15) is 0 Å². The number of halogens is 1. The van der Waals surface area contributed by atoms with Gasteiger partial charge >= 0.3 is 0 Å². The van der Waals surface area contributed by atoms with E-state index in [2.05, 4.69) is 61.9 Å². The maximum atomic E-state index is 6.35. The van der Waals surface area contributed by atoms with E-state index >= 15 is 0 Å². The highest BCUT2D eigenvalue weighted by Crippen LogP contribution is 2.31. The summed E-state index contributed by atoms with van der Waals surface area (Å²) in [6, 6.07) is 14.9. The molecule has 1 aromatic heterocycles. The summed E-state index contributed by atoms with van der Waals surface area (Å²) in [6.45, 7) is 3.37. The van der Waals surface area contributed by atoms with Gasteiger partial charge in [0.2, 0.25) is 5.95 Å². The quantitative estimate of drug-likeness (QED) is 0.617. The highest BCUT2D eigenvalue weighted by Gasteiger charge is 2.16. The summed E-state index contributed by atoms with van der Waals surface area (Å²) in [5.41, 5.74) is 5.79. The molecule has 0 amide bonds. The number of rotatable bonds is 1. The number of morpholine rings is 1. The summed E-state index contributed by atoms with van der Waals surface area (Å²) in [4.78, 5) is 11.3. The minimum absolute atomic E-state index is 0.484. The fourth-order valence-corrected chi connectivity index (χ4v) is 3.98. The molecule has 7 heteroatoms. The van der Waals surface area contributed by atoms with Gasteiger partial charge in [-0.2, -0.15) is 4.98 Å². The van der Waals surface area contributed by atoms with E-state index in [1.54, 1.807) is 6.20 Å². The van der Waals surface area contributed by atoms with Gasteiger partial charge in [0, 0.05) is 30.2 Å². The lowest BCUT2D eigenvalue weighted by Crippen LogP contribution is -2.36. The molecule has 0 aliphatic carbocycles. The number of nitrogens with zero attached hydrogens (tertiary/aromatic N) is 3. The third kappa shape index (κ3) is 3.99. The first-order chi connectivity index (χ1) is 14.2. The lowest BCUT2D eigenvalue weighted by molar-refractivity contribution is 0.122. The van der Waals surface area contributed by atoms with Crippen molar-refractivity contribution in [3.05, 3.63) is 64.8 Å². The molecular formula is C22H22ClN5O. The predicted molar refractivity (Wildman–Crippen MR) is 117 cm³/mol. The normalized spacial score (nSPS) is 16.0. The van der Waals surface area contributed by atoms with E-state index in [4.69, 9.17) is 16.3 Å². The van der Waals surface area contributed by atoms with Gasteiger partial charge in [0.05, 0.1) is 19.4 Å². The van der Waals surface area contributed by atoms with Gasteiger partial charge in [0.1, 0.15) is 5.02 Å². The predicted octanol–water partition coefficient (Wildman–Crippen LogP) is 4.55. The summed E-state index contributed by atoms with van der Waals surface area (Å²) in [6.07, 6.45) is 3.52. The highest BCUT2D eigenvalue weighted by atomic mass is 35.5. The van der Waals surface area contributed by atoms with Crippen LogP contribution in [0.25, 0.3) is 0 Å². The number of ether oxygens (including phenoxy) is 1. The van der Waals surface area contributed by atoms with Crippen molar-refractivity contribution in [1.82, 2.24) is 9.97 Å². The van der Waals surface area contributed by atoms with Gasteiger partial charge in [-0.05, 0) is 54.3 Å². The van der Waals surface area contributed by atoms with Crippen LogP contribution in [0.2, 0.25) is 5.02 Å². The zero-order valence-corrected chi connectivity index (χ0v) is 16.7. The van der Waals surface area contributed by atoms with Gasteiger partial charge in [-0.25, -0.2) is 4.98 Å². The Morgan fingerprint density at radius 1 is 0.966 bits per heavy atom. The molecule has 148 valence electrons. The zero-order chi connectivity index (χ0) is 19.6. The van der Waals surface area contributed by atoms with E-state index in [1.807, 2.05) is 6.07 Å². The molecule has 1 saturated heterocycles. The van der Waals surface area contributed by atoms with Crippen LogP contribution in [0.5, 0.6) is 0 Å². The summed E-state index contributed by atoms with van der Waals surface area (Å²) >= 11 is 6.35. The Morgan fingerprint density at radius 3 is 2.72 bits per heavy atom. The van der Waals surface area contributed by atoms with Gasteiger partial charge in [-0.3, -0.25) is 0 Å². The van der Waals surface area contributed by atoms with Crippen molar-refractivity contribution in [3.63, 3.8) is 0 Å². The van der Waals surface area contributed by atoms with Crippen LogP contribution in [0.1, 0.15) is 11.1 Å². The molecule has 0 radical (unpaired) electrons. The number of hydrogen-bond acceptors (Lipinski definition) is 6. The zero-order valence-electron chi connectivity index (χ0n) is 16.0. The minimum Gasteiger partial charge on any atom is -0.378 e. The standard InChI is InChI=1S/C22H22ClN5O/c23-19-14-24-22-26-17-3-1-2-15(12-17)4-5-16-13-18(25-21(19)27-22)6-7-20(16)28-8-10-29-11-9-28/h1-3,6-7,12-14H,4-5,8-11H2,(H2,24,25,26,27). The smallest absolute Gasteiger partial charge is 0.229 e. The second kappa shape index (κ2) is 7.89. The molecule has 2 N–H and O–H groups in total. The molecule has 0 saturated carbocycles. The fourth-order valence-electron chi connectivity index (χ4n) is 3.84. The Balaban J connectivity index is 1.58. The first-order valence-corrected chi connectivity index (χ1v) is 10.2. The van der Waals surface area contributed by atoms with E-state index in [1.165, 1.54) is 16.8 Å². The Kier molecular flexibility index (Phi) is 4.96. The van der Waals surface area contributed by atoms with E-state index < -0.39 is 0 Å². The fraction of sp³-hybridized carbons (Fsp3) is 0.273. The number of aryl methyl sites for hydroxylation is 2. The van der Waals surface area contributed by atoms with Crippen molar-refractivity contribution in [1.29, 1.82) is 0 Å². The van der Waals surface area contributed by atoms with E-state index in [-0.39, 0.29) is 0 Å². The van der Waals surface area contributed by atoms with Crippen LogP contribution in [0.15, 0.2) is 48.7 Å². The van der Waals surface area contributed by atoms with Crippen molar-refractivity contribution in [2.24, 2.45) is 0 Å². The van der Waals surface area contributed by atoms with Gasteiger partial charge in [0.25, 0.3) is 0 Å². The summed E-state index contributed by atoms with van der Waals surface area (Å²) in [5.74, 6) is 1.10. The number of fused-ring (bicyclic) bond motifs is 6. The molecule has 2 aliphatic heterocycles. The van der Waals surface area contributed by atoms with Crippen LogP contribution in [-0.2, 0) is 17.6 Å². The number of nitrogens with one attached hydrogen (secondary N) is 2. The molecule has 0 atom stereocenters. The maximum absolute atomic E-state index is 6.35. The topological polar surface area (TPSA) is 62.3 Å². The Bertz CT molecular complexity index is 1040. The summed E-state index contributed by atoms with van der Waals surface area (Å²) in [5, 5.41) is 7.12. The second-order valence-corrected chi connectivity index (χ2v) is 7.69. The van der Waals surface area contributed by atoms with Crippen molar-refractivity contribution in [3.8, 4) is 0 Å². The molecule has 6 nitrogen and oxygen atoms in total. The van der Waals surface area contributed by atoms with Crippen LogP contribution in [0, 0.1) is 0 Å². The monoisotopic (exact) mass is 407 g/mol. The minimum atomic E-state index is 0.484. The average Bonchev–Trinajstić information content (AvgIpc) is 2.76. The average molecular weight is 408 g/mol. The second-order valence-electron chi connectivity index (χ2n) is 7.28. The first kappa shape index (κ1) is 18.2. The third-order valence-corrected chi connectivity index (χ3v) is 5.58. The molecule has 2 aromatic carbocycles. The summed E-state index contributed by atoms with van der Waals surface area (Å²) < 4.78 is 5.54. The Morgan fingerprint density at radius 2 is 1.83 bits per heavy atom. The van der Waals surface area contributed by atoms with Gasteiger partial charge < -0.3 is 20.3 Å². The van der Waals surface area contributed by atoms with Crippen LogP contribution in [0.3, 0.4) is 0 Å². The molecule has 29 heavy (non-hydrogen) atoms. The molecule has 0 unspecified atom stereocenters. The summed E-state index contributed by atoms with van der Waals surface area (Å²) in [7, 11) is 0. The molecule has 1 fully saturated rings. The van der Waals surface area contributed by atoms with Crippen molar-refractivity contribution >= 4 is 40.4 Å².